The van der Waals surface area contributed by atoms with Crippen molar-refractivity contribution in [1.82, 2.24) is 52.8 Å². The van der Waals surface area contributed by atoms with E-state index >= 15 is 0 Å². The summed E-state index contributed by atoms with van der Waals surface area (Å²) in [5.74, 6) is -12.2. The second-order valence-corrected chi connectivity index (χ2v) is 17.2. The van der Waals surface area contributed by atoms with Crippen molar-refractivity contribution < 1.29 is 78.0 Å². The van der Waals surface area contributed by atoms with Crippen LogP contribution in [0.4, 0.5) is 0 Å². The molecule has 0 bridgehead atoms. The molecule has 0 saturated carbocycles. The topological polar surface area (TPSA) is 449 Å². The van der Waals surface area contributed by atoms with Gasteiger partial charge in [-0.05, 0) is 70.8 Å². The van der Waals surface area contributed by atoms with Gasteiger partial charge in [0.1, 0.15) is 42.3 Å². The lowest BCUT2D eigenvalue weighted by Gasteiger charge is -2.27. The zero-order valence-electron chi connectivity index (χ0n) is 38.9. The van der Waals surface area contributed by atoms with E-state index in [0.29, 0.717) is 25.8 Å². The molecule has 0 spiro atoms. The Morgan fingerprint density at radius 1 is 0.710 bits per heavy atom. The van der Waals surface area contributed by atoms with E-state index in [1.807, 2.05) is 0 Å². The highest BCUT2D eigenvalue weighted by Gasteiger charge is 2.37. The van der Waals surface area contributed by atoms with Crippen LogP contribution in [0.15, 0.2) is 0 Å². The molecule has 69 heavy (non-hydrogen) atoms. The number of aliphatic hydroxyl groups is 2. The second-order valence-electron chi connectivity index (χ2n) is 17.2. The number of primary amides is 1. The van der Waals surface area contributed by atoms with E-state index in [0.717, 1.165) is 0 Å². The third kappa shape index (κ3) is 20.7. The van der Waals surface area contributed by atoms with Crippen molar-refractivity contribution in [2.45, 2.75) is 139 Å². The fourth-order valence-corrected chi connectivity index (χ4v) is 7.26. The fourth-order valence-electron chi connectivity index (χ4n) is 7.26. The molecule has 28 nitrogen and oxygen atoms in total. The maximum atomic E-state index is 13.5. The molecule has 2 aliphatic heterocycles. The predicted octanol–water partition coefficient (Wildman–Crippen LogP) is -7.15. The minimum Gasteiger partial charge on any atom is -0.481 e. The number of aliphatic hydroxyl groups excluding tert-OH is 2. The van der Waals surface area contributed by atoms with Crippen molar-refractivity contribution in [1.29, 1.82) is 0 Å². The van der Waals surface area contributed by atoms with Crippen LogP contribution in [0.3, 0.4) is 0 Å². The average molecular weight is 985 g/mol. The minimum atomic E-state index is -1.94. The third-order valence-corrected chi connectivity index (χ3v) is 10.9. The van der Waals surface area contributed by atoms with Gasteiger partial charge in [0.2, 0.25) is 59.1 Å². The van der Waals surface area contributed by atoms with Gasteiger partial charge in [0.05, 0.1) is 38.3 Å². The van der Waals surface area contributed by atoms with Crippen LogP contribution in [-0.4, -0.2) is 190 Å². The van der Waals surface area contributed by atoms with E-state index in [2.05, 4.69) is 47.9 Å². The third-order valence-electron chi connectivity index (χ3n) is 10.9. The van der Waals surface area contributed by atoms with Gasteiger partial charge in [-0.15, -0.1) is 0 Å². The SMILES string of the molecule is CC(C)C[C@H](NC(=O)[C@H](CO)NC(=O)[C@H](CC(=O)O)NC(=O)[C@H](CCC(N)=O)NC(=O)CNC(=O)[C@@H]1C[C@@H](O)CN1)C(=O)N[C@@H](C)C(=O)NCC(=O)N1CCC[C@H]1C(=O)N[C@@H](CCCCN)C(=O)O. The first-order valence-corrected chi connectivity index (χ1v) is 22.6. The summed E-state index contributed by atoms with van der Waals surface area (Å²) < 4.78 is 0. The van der Waals surface area contributed by atoms with Gasteiger partial charge in [-0.1, -0.05) is 13.8 Å². The van der Waals surface area contributed by atoms with Crippen molar-refractivity contribution in [3.63, 3.8) is 0 Å². The Kier molecular flexibility index (Phi) is 25.0. The maximum Gasteiger partial charge on any atom is 0.326 e. The molecular formula is C41H68N12O16. The number of nitrogens with two attached hydrogens (primary N) is 2. The molecule has 0 aromatic rings. The molecule has 2 heterocycles. The summed E-state index contributed by atoms with van der Waals surface area (Å²) in [6, 6.07) is -11.0. The summed E-state index contributed by atoms with van der Waals surface area (Å²) in [6.45, 7) is 3.02. The van der Waals surface area contributed by atoms with Crippen molar-refractivity contribution in [3.05, 3.63) is 0 Å². The number of likely N-dealkylation sites (tertiary alicyclic amines) is 1. The molecule has 9 atom stereocenters. The number of hydrogen-bond donors (Lipinski definition) is 15. The molecule has 10 amide bonds. The number of unbranched alkanes of at least 4 members (excludes halogenated alkanes) is 1. The number of aliphatic carboxylic acids is 2. The molecule has 2 aliphatic rings. The van der Waals surface area contributed by atoms with Crippen molar-refractivity contribution in [3.8, 4) is 0 Å². The Labute approximate surface area is 397 Å². The first-order valence-electron chi connectivity index (χ1n) is 22.6. The Balaban J connectivity index is 2.06. The number of nitrogens with one attached hydrogen (secondary N) is 9. The van der Waals surface area contributed by atoms with Gasteiger partial charge in [-0.3, -0.25) is 52.7 Å². The van der Waals surface area contributed by atoms with Gasteiger partial charge in [-0.25, -0.2) is 4.79 Å². The van der Waals surface area contributed by atoms with Crippen LogP contribution in [-0.2, 0) is 57.5 Å². The number of carboxylic acid groups (broad SMARTS) is 2. The highest BCUT2D eigenvalue weighted by molar-refractivity contribution is 5.98. The number of carboxylic acids is 2. The number of carbonyl (C=O) groups excluding carboxylic acids is 10. The Hall–Kier alpha value is -6.52. The van der Waals surface area contributed by atoms with Crippen LogP contribution >= 0.6 is 0 Å². The molecule has 2 fully saturated rings. The van der Waals surface area contributed by atoms with Crippen molar-refractivity contribution in [2.75, 3.05) is 39.3 Å². The van der Waals surface area contributed by atoms with E-state index in [9.17, 15) is 78.0 Å². The van der Waals surface area contributed by atoms with Crippen molar-refractivity contribution >= 4 is 71.0 Å². The van der Waals surface area contributed by atoms with Crippen LogP contribution in [0.2, 0.25) is 0 Å². The highest BCUT2D eigenvalue weighted by Crippen LogP contribution is 2.18. The van der Waals surface area contributed by atoms with Crippen LogP contribution in [0.5, 0.6) is 0 Å². The fraction of sp³-hybridized carbons (Fsp3) is 0.707. The lowest BCUT2D eigenvalue weighted by molar-refractivity contribution is -0.144. The van der Waals surface area contributed by atoms with Crippen molar-refractivity contribution in [2.24, 2.45) is 17.4 Å². The number of carbonyl (C=O) groups is 12. The number of amides is 10. The molecule has 0 aromatic heterocycles. The Bertz CT molecular complexity index is 1870. The molecule has 2 rings (SSSR count). The summed E-state index contributed by atoms with van der Waals surface area (Å²) in [5, 5.41) is 60.1. The standard InChI is InChI=1S/C41H68N12O16/c1-20(2)13-26(37(64)47-21(3)34(61)46-18-32(58)53-12-6-8-29(53)40(67)49-24(41(68)69)7-4-5-11-42)50-39(66)28(19-54)52-38(65)27(15-33(59)60)51-36(63)23(9-10-30(43)56)48-31(57)17-45-35(62)25-14-22(55)16-44-25/h20-29,44,54-55H,4-19,42H2,1-3H3,(H2,43,56)(H,45,62)(H,46,61)(H,47,64)(H,48,57)(H,49,67)(H,50,66)(H,51,63)(H,52,65)(H,59,60)(H,68,69)/t21-,22+,23-,24-,25-,26-,27-,28-,29-/m0/s1. The molecular weight excluding hydrogens is 917 g/mol. The predicted molar refractivity (Wildman–Crippen MR) is 238 cm³/mol. The zero-order valence-corrected chi connectivity index (χ0v) is 38.9. The van der Waals surface area contributed by atoms with Gasteiger partial charge in [0, 0.05) is 19.5 Å². The van der Waals surface area contributed by atoms with Gasteiger partial charge in [-0.2, -0.15) is 0 Å². The monoisotopic (exact) mass is 984 g/mol. The first-order chi connectivity index (χ1) is 32.5. The number of hydrogen-bond acceptors (Lipinski definition) is 16. The smallest absolute Gasteiger partial charge is 0.326 e. The maximum absolute atomic E-state index is 13.5. The van der Waals surface area contributed by atoms with Gasteiger partial charge in [0.15, 0.2) is 0 Å². The highest BCUT2D eigenvalue weighted by atomic mass is 16.4. The van der Waals surface area contributed by atoms with E-state index in [-0.39, 0.29) is 44.7 Å². The average Bonchev–Trinajstić information content (AvgIpc) is 3.96. The van der Waals surface area contributed by atoms with Gasteiger partial charge < -0.3 is 84.6 Å². The number of nitrogens with zero attached hydrogens (tertiary/aromatic N) is 1. The van der Waals surface area contributed by atoms with Crippen LogP contribution in [0.1, 0.15) is 85.0 Å². The summed E-state index contributed by atoms with van der Waals surface area (Å²) >= 11 is 0. The van der Waals surface area contributed by atoms with E-state index in [1.54, 1.807) is 13.8 Å². The normalized spacial score (nSPS) is 19.1. The van der Waals surface area contributed by atoms with Gasteiger partial charge >= 0.3 is 11.9 Å². The first kappa shape index (κ1) is 58.6. The van der Waals surface area contributed by atoms with E-state index in [4.69, 9.17) is 11.5 Å². The lowest BCUT2D eigenvalue weighted by Crippen LogP contribution is -2.60. The minimum absolute atomic E-state index is 0.0367. The molecule has 0 radical (unpaired) electrons. The molecule has 388 valence electrons. The van der Waals surface area contributed by atoms with Crippen LogP contribution in [0.25, 0.3) is 0 Å². The van der Waals surface area contributed by atoms with E-state index in [1.165, 1.54) is 11.8 Å². The lowest BCUT2D eigenvalue weighted by atomic mass is 10.0. The van der Waals surface area contributed by atoms with Crippen LogP contribution in [0, 0.1) is 5.92 Å². The summed E-state index contributed by atoms with van der Waals surface area (Å²) in [6.07, 6.45) is -0.816. The molecule has 28 heteroatoms. The number of β-amino-alcohol motifs (C(OH)–C–C–N with tert-alkyl or cyclic N) is 1. The zero-order chi connectivity index (χ0) is 52.0. The van der Waals surface area contributed by atoms with Crippen LogP contribution < -0.4 is 59.3 Å². The van der Waals surface area contributed by atoms with E-state index < -0.39 is 164 Å². The quantitative estimate of drug-likeness (QED) is 0.0297. The Morgan fingerprint density at radius 3 is 1.91 bits per heavy atom. The summed E-state index contributed by atoms with van der Waals surface area (Å²) in [4.78, 5) is 154. The Morgan fingerprint density at radius 2 is 1.33 bits per heavy atom. The largest absolute Gasteiger partial charge is 0.481 e. The molecule has 2 saturated heterocycles. The molecule has 0 aromatic carbocycles. The molecule has 0 unspecified atom stereocenters. The molecule has 17 N–H and O–H groups in total. The summed E-state index contributed by atoms with van der Waals surface area (Å²) in [5.41, 5.74) is 10.7. The molecule has 0 aliphatic carbocycles. The van der Waals surface area contributed by atoms with Gasteiger partial charge in [0.25, 0.3) is 0 Å². The number of rotatable bonds is 30. The summed E-state index contributed by atoms with van der Waals surface area (Å²) in [7, 11) is 0. The second kappa shape index (κ2) is 29.4.